The van der Waals surface area contributed by atoms with E-state index in [1.807, 2.05) is 0 Å². The molecule has 0 aromatic rings. The summed E-state index contributed by atoms with van der Waals surface area (Å²) in [6.45, 7) is 0.869. The van der Waals surface area contributed by atoms with Crippen molar-refractivity contribution in [3.8, 4) is 0 Å². The lowest BCUT2D eigenvalue weighted by molar-refractivity contribution is -0.140. The van der Waals surface area contributed by atoms with Crippen molar-refractivity contribution >= 4 is 27.8 Å². The first-order valence-corrected chi connectivity index (χ1v) is 6.81. The molecule has 0 saturated carbocycles. The van der Waals surface area contributed by atoms with Gasteiger partial charge in [-0.05, 0) is 12.8 Å². The van der Waals surface area contributed by atoms with Gasteiger partial charge in [0.15, 0.2) is 0 Å². The topological polar surface area (TPSA) is 75.7 Å². The van der Waals surface area contributed by atoms with Gasteiger partial charge in [0.05, 0.1) is 7.11 Å². The zero-order valence-corrected chi connectivity index (χ0v) is 10.6. The van der Waals surface area contributed by atoms with E-state index < -0.39 is 21.6 Å². The molecule has 1 saturated heterocycles. The Kier molecular flexibility index (Phi) is 4.97. The molecule has 0 aliphatic carbocycles. The number of alkyl halides is 1. The minimum absolute atomic E-state index is 0.160. The molecule has 1 atom stereocenters. The van der Waals surface area contributed by atoms with Gasteiger partial charge < -0.3 is 4.74 Å². The first-order chi connectivity index (χ1) is 7.47. The summed E-state index contributed by atoms with van der Waals surface area (Å²) in [7, 11) is -2.30. The van der Waals surface area contributed by atoms with Crippen molar-refractivity contribution in [2.75, 3.05) is 26.7 Å². The number of hydrogen-bond acceptors (Lipinski definition) is 4. The van der Waals surface area contributed by atoms with Crippen molar-refractivity contribution in [1.82, 2.24) is 9.03 Å². The minimum atomic E-state index is -3.51. The van der Waals surface area contributed by atoms with Crippen LogP contribution in [0.25, 0.3) is 0 Å². The number of carbonyl (C=O) groups excluding carboxylic acids is 1. The van der Waals surface area contributed by atoms with Crippen LogP contribution in [0.4, 0.5) is 0 Å². The van der Waals surface area contributed by atoms with Crippen LogP contribution < -0.4 is 4.72 Å². The fourth-order valence-electron chi connectivity index (χ4n) is 1.41. The summed E-state index contributed by atoms with van der Waals surface area (Å²) < 4.78 is 31.3. The van der Waals surface area contributed by atoms with E-state index in [4.69, 9.17) is 11.6 Å². The predicted molar refractivity (Wildman–Crippen MR) is 59.4 cm³/mol. The van der Waals surface area contributed by atoms with E-state index >= 15 is 0 Å². The Balaban J connectivity index is 2.44. The van der Waals surface area contributed by atoms with Gasteiger partial charge >= 0.3 is 5.97 Å². The average molecular weight is 271 g/mol. The number of halogens is 1. The normalized spacial score (nSPS) is 19.6. The second kappa shape index (κ2) is 5.81. The highest BCUT2D eigenvalue weighted by Crippen LogP contribution is 2.11. The fourth-order valence-corrected chi connectivity index (χ4v) is 2.97. The maximum absolute atomic E-state index is 11.7. The molecule has 1 rings (SSSR count). The largest absolute Gasteiger partial charge is 0.468 e. The highest BCUT2D eigenvalue weighted by Gasteiger charge is 2.26. The lowest BCUT2D eigenvalue weighted by Gasteiger charge is -2.16. The van der Waals surface area contributed by atoms with E-state index in [1.54, 1.807) is 0 Å². The summed E-state index contributed by atoms with van der Waals surface area (Å²) in [6, 6.07) is 0. The first-order valence-electron chi connectivity index (χ1n) is 4.94. The molecule has 1 heterocycles. The lowest BCUT2D eigenvalue weighted by Crippen LogP contribution is -2.42. The van der Waals surface area contributed by atoms with Crippen molar-refractivity contribution in [3.63, 3.8) is 0 Å². The number of carbonyl (C=O) groups is 1. The van der Waals surface area contributed by atoms with E-state index in [-0.39, 0.29) is 6.54 Å². The van der Waals surface area contributed by atoms with Crippen LogP contribution in [0.3, 0.4) is 0 Å². The van der Waals surface area contributed by atoms with Crippen LogP contribution >= 0.6 is 11.6 Å². The lowest BCUT2D eigenvalue weighted by atomic mass is 10.4. The van der Waals surface area contributed by atoms with E-state index in [1.165, 1.54) is 11.4 Å². The van der Waals surface area contributed by atoms with Gasteiger partial charge in [0, 0.05) is 19.6 Å². The number of esters is 1. The minimum Gasteiger partial charge on any atom is -0.468 e. The van der Waals surface area contributed by atoms with Crippen molar-refractivity contribution in [2.45, 2.75) is 18.2 Å². The Morgan fingerprint density at radius 3 is 2.56 bits per heavy atom. The van der Waals surface area contributed by atoms with Gasteiger partial charge in [0.1, 0.15) is 5.38 Å². The molecule has 1 unspecified atom stereocenters. The SMILES string of the molecule is COC(=O)C(Cl)CNS(=O)(=O)N1CCCC1. The summed E-state index contributed by atoms with van der Waals surface area (Å²) in [4.78, 5) is 10.9. The molecule has 1 fully saturated rings. The molecule has 16 heavy (non-hydrogen) atoms. The molecule has 0 spiro atoms. The zero-order valence-electron chi connectivity index (χ0n) is 8.98. The molecule has 0 amide bonds. The van der Waals surface area contributed by atoms with Crippen LogP contribution in [0.2, 0.25) is 0 Å². The molecule has 0 aromatic carbocycles. The second-order valence-electron chi connectivity index (χ2n) is 3.45. The molecule has 94 valence electrons. The van der Waals surface area contributed by atoms with Crippen LogP contribution in [0.5, 0.6) is 0 Å². The maximum Gasteiger partial charge on any atom is 0.325 e. The fraction of sp³-hybridized carbons (Fsp3) is 0.875. The molecule has 1 N–H and O–H groups in total. The van der Waals surface area contributed by atoms with Gasteiger partial charge in [-0.3, -0.25) is 4.79 Å². The quantitative estimate of drug-likeness (QED) is 0.550. The number of methoxy groups -OCH3 is 1. The van der Waals surface area contributed by atoms with Crippen LogP contribution in [0, 0.1) is 0 Å². The van der Waals surface area contributed by atoms with Gasteiger partial charge in [-0.25, -0.2) is 4.72 Å². The summed E-state index contributed by atoms with van der Waals surface area (Å²) in [6.07, 6.45) is 1.73. The highest BCUT2D eigenvalue weighted by molar-refractivity contribution is 7.87. The molecule has 1 aliphatic heterocycles. The van der Waals surface area contributed by atoms with Crippen LogP contribution in [0.1, 0.15) is 12.8 Å². The molecule has 0 aromatic heterocycles. The number of nitrogens with one attached hydrogen (secondary N) is 1. The van der Waals surface area contributed by atoms with Gasteiger partial charge in [-0.2, -0.15) is 12.7 Å². The third-order valence-electron chi connectivity index (χ3n) is 2.31. The number of rotatable bonds is 5. The first kappa shape index (κ1) is 13.7. The Bertz CT molecular complexity index is 340. The second-order valence-corrected chi connectivity index (χ2v) is 5.73. The van der Waals surface area contributed by atoms with E-state index in [0.29, 0.717) is 13.1 Å². The van der Waals surface area contributed by atoms with Crippen LogP contribution in [-0.4, -0.2) is 50.8 Å². The van der Waals surface area contributed by atoms with Crippen LogP contribution in [0.15, 0.2) is 0 Å². The third kappa shape index (κ3) is 3.58. The summed E-state index contributed by atoms with van der Waals surface area (Å²) in [5.41, 5.74) is 0. The van der Waals surface area contributed by atoms with Gasteiger partial charge in [0.2, 0.25) is 0 Å². The Hall–Kier alpha value is -0.370. The summed E-state index contributed by atoms with van der Waals surface area (Å²) in [5, 5.41) is -0.998. The molecular weight excluding hydrogens is 256 g/mol. The van der Waals surface area contributed by atoms with Gasteiger partial charge in [-0.15, -0.1) is 11.6 Å². The molecule has 8 heteroatoms. The van der Waals surface area contributed by atoms with Crippen molar-refractivity contribution in [1.29, 1.82) is 0 Å². The van der Waals surface area contributed by atoms with Crippen LogP contribution in [-0.2, 0) is 19.7 Å². The monoisotopic (exact) mass is 270 g/mol. The zero-order chi connectivity index (χ0) is 12.2. The molecule has 1 aliphatic rings. The van der Waals surface area contributed by atoms with E-state index in [0.717, 1.165) is 12.8 Å². The van der Waals surface area contributed by atoms with E-state index in [2.05, 4.69) is 9.46 Å². The van der Waals surface area contributed by atoms with Gasteiger partial charge in [0.25, 0.3) is 10.2 Å². The van der Waals surface area contributed by atoms with Crippen molar-refractivity contribution in [3.05, 3.63) is 0 Å². The predicted octanol–water partition coefficient (Wildman–Crippen LogP) is -0.303. The molecule has 0 bridgehead atoms. The summed E-state index contributed by atoms with van der Waals surface area (Å²) >= 11 is 5.62. The number of nitrogens with zero attached hydrogens (tertiary/aromatic N) is 1. The molecule has 0 radical (unpaired) electrons. The Labute approximate surface area is 100 Å². The summed E-state index contributed by atoms with van der Waals surface area (Å²) in [5.74, 6) is -0.647. The Morgan fingerprint density at radius 1 is 1.50 bits per heavy atom. The van der Waals surface area contributed by atoms with Gasteiger partial charge in [-0.1, -0.05) is 0 Å². The van der Waals surface area contributed by atoms with Crippen molar-refractivity contribution in [2.24, 2.45) is 0 Å². The third-order valence-corrected chi connectivity index (χ3v) is 4.22. The standard InChI is InChI=1S/C8H15ClN2O4S/c1-15-8(12)7(9)6-10-16(13,14)11-4-2-3-5-11/h7,10H,2-6H2,1H3. The Morgan fingerprint density at radius 2 is 2.06 bits per heavy atom. The molecular formula is C8H15ClN2O4S. The maximum atomic E-state index is 11.7. The number of hydrogen-bond donors (Lipinski definition) is 1. The van der Waals surface area contributed by atoms with E-state index in [9.17, 15) is 13.2 Å². The number of ether oxygens (including phenoxy) is 1. The van der Waals surface area contributed by atoms with Crippen molar-refractivity contribution < 1.29 is 17.9 Å². The highest BCUT2D eigenvalue weighted by atomic mass is 35.5. The smallest absolute Gasteiger partial charge is 0.325 e. The molecule has 6 nitrogen and oxygen atoms in total. The average Bonchev–Trinajstić information content (AvgIpc) is 2.78.